The number of carboxylic acid groups (broad SMARTS) is 1. The molecule has 0 aliphatic heterocycles. The molecular weight excluding hydrogens is 734 g/mol. The van der Waals surface area contributed by atoms with Crippen LogP contribution in [0.5, 0.6) is 0 Å². The molecule has 246 valence electrons. The Kier molecular flexibility index (Phi) is 22.6. The van der Waals surface area contributed by atoms with Crippen LogP contribution in [-0.4, -0.2) is 86.3 Å². The quantitative estimate of drug-likeness (QED) is 0.367. The number of pyridine rings is 2. The molecular formula is C30H46N6O7Y2-2. The van der Waals surface area contributed by atoms with E-state index in [0.717, 1.165) is 16.0 Å². The Morgan fingerprint density at radius 3 is 1.51 bits per heavy atom. The molecule has 0 aliphatic carbocycles. The van der Waals surface area contributed by atoms with Crippen LogP contribution < -0.4 is 11.1 Å². The number of hydrogen-bond acceptors (Lipinski definition) is 9. The largest absolute Gasteiger partial charge is 0.480 e. The van der Waals surface area contributed by atoms with Crippen molar-refractivity contribution in [3.63, 3.8) is 0 Å². The summed E-state index contributed by atoms with van der Waals surface area (Å²) in [6.45, 7) is 17.3. The molecule has 2 aromatic heterocycles. The first kappa shape index (κ1) is 47.2. The predicted octanol–water partition coefficient (Wildman–Crippen LogP) is 4.48. The van der Waals surface area contributed by atoms with Gasteiger partial charge in [-0.25, -0.2) is 14.4 Å². The van der Waals surface area contributed by atoms with Crippen LogP contribution in [0.25, 0.3) is 0 Å². The predicted molar refractivity (Wildman–Crippen MR) is 163 cm³/mol. The van der Waals surface area contributed by atoms with Gasteiger partial charge in [-0.1, -0.05) is 26.2 Å². The number of nitrogens with two attached hydrogens (primary N) is 1. The van der Waals surface area contributed by atoms with Gasteiger partial charge in [0.1, 0.15) is 23.3 Å². The summed E-state index contributed by atoms with van der Waals surface area (Å²) >= 11 is 0. The molecule has 0 fully saturated rings. The van der Waals surface area contributed by atoms with Gasteiger partial charge in [0.15, 0.2) is 0 Å². The van der Waals surface area contributed by atoms with Crippen LogP contribution in [0, 0.1) is 26.2 Å². The van der Waals surface area contributed by atoms with Crippen molar-refractivity contribution in [2.45, 2.75) is 92.5 Å². The normalized spacial score (nSPS) is 11.6. The Bertz CT molecular complexity index is 1180. The van der Waals surface area contributed by atoms with Gasteiger partial charge >= 0.3 is 18.2 Å². The Labute approximate surface area is 317 Å². The van der Waals surface area contributed by atoms with Crippen LogP contribution >= 0.6 is 0 Å². The van der Waals surface area contributed by atoms with Crippen molar-refractivity contribution < 1.29 is 99.2 Å². The summed E-state index contributed by atoms with van der Waals surface area (Å²) in [6.07, 6.45) is 4.30. The van der Waals surface area contributed by atoms with E-state index >= 15 is 0 Å². The fraction of sp³-hybridized carbons (Fsp3) is 0.533. The summed E-state index contributed by atoms with van der Waals surface area (Å²) in [4.78, 5) is 55.9. The zero-order chi connectivity index (χ0) is 33.7. The summed E-state index contributed by atoms with van der Waals surface area (Å²) in [6, 6.07) is 5.55. The molecule has 2 heterocycles. The molecule has 0 aromatic carbocycles. The zero-order valence-electron chi connectivity index (χ0n) is 28.4. The van der Waals surface area contributed by atoms with Gasteiger partial charge < -0.3 is 35.6 Å². The molecule has 0 saturated heterocycles. The minimum Gasteiger partial charge on any atom is -0.480 e. The number of likely N-dealkylation sites (N-methyl/N-ethyl adjacent to an activating group) is 2. The first-order chi connectivity index (χ1) is 19.5. The van der Waals surface area contributed by atoms with Crippen molar-refractivity contribution in [2.24, 2.45) is 0 Å². The standard InChI is InChI=1S/C15H22N3O3.C9H17NO4.C6H7N2.2Y/c1-10-7-8-12(16-9-10)17-13(19)11(2)18(6)14(20)21-15(3,4)5;1-6(7(11)12)10(5)8(13)14-9(2,3)4;1-5-2-3-6(7)8-4-5;;/h7-8,11H,1-6H3,(H,16,17,19);6H,1-5H3,(H,11,12);2-3H,1H3,(H2,7,8);;/q-1;;-1;;/t11-;6-;;;/m00.../s1. The maximum absolute atomic E-state index is 12.1. The van der Waals surface area contributed by atoms with Crippen molar-refractivity contribution in [1.82, 2.24) is 19.8 Å². The Morgan fingerprint density at radius 2 is 1.20 bits per heavy atom. The van der Waals surface area contributed by atoms with Gasteiger partial charge in [0, 0.05) is 91.1 Å². The van der Waals surface area contributed by atoms with Crippen molar-refractivity contribution in [2.75, 3.05) is 25.1 Å². The van der Waals surface area contributed by atoms with Crippen LogP contribution in [0.15, 0.2) is 24.3 Å². The van der Waals surface area contributed by atoms with E-state index in [9.17, 15) is 19.2 Å². The number of nitrogens with one attached hydrogen (secondary N) is 1. The van der Waals surface area contributed by atoms with Crippen LogP contribution in [0.1, 0.15) is 66.5 Å². The third-order valence-electron chi connectivity index (χ3n) is 5.22. The van der Waals surface area contributed by atoms with Crippen molar-refractivity contribution in [3.05, 3.63) is 47.8 Å². The second-order valence-electron chi connectivity index (χ2n) is 11.7. The SMILES string of the molecule is C[C@@H](C(=O)O)N(C)C(=O)OC(C)(C)C.Cc1[c-]nc(N)cc1.Cc1[c-]nc(NC(=O)[C@H](C)N(C)C(=O)OC(C)(C)C)cc1.[Y].[Y]. The maximum atomic E-state index is 12.1. The van der Waals surface area contributed by atoms with Crippen LogP contribution in [0.2, 0.25) is 0 Å². The molecule has 15 heteroatoms. The molecule has 45 heavy (non-hydrogen) atoms. The Morgan fingerprint density at radius 1 is 0.800 bits per heavy atom. The van der Waals surface area contributed by atoms with Crippen LogP contribution in [0.3, 0.4) is 0 Å². The van der Waals surface area contributed by atoms with E-state index in [1.54, 1.807) is 66.7 Å². The minimum absolute atomic E-state index is 0. The topological polar surface area (TPSA) is 177 Å². The number of aryl methyl sites for hydroxylation is 2. The molecule has 0 aliphatic rings. The number of anilines is 2. The second kappa shape index (κ2) is 21.6. The summed E-state index contributed by atoms with van der Waals surface area (Å²) in [5.74, 6) is -0.475. The number of amides is 3. The number of aromatic nitrogens is 2. The third kappa shape index (κ3) is 21.3. The molecule has 0 spiro atoms. The molecule has 0 unspecified atom stereocenters. The molecule has 4 N–H and O–H groups in total. The summed E-state index contributed by atoms with van der Waals surface area (Å²) in [5, 5.41) is 11.3. The molecule has 2 atom stereocenters. The van der Waals surface area contributed by atoms with E-state index < -0.39 is 41.4 Å². The van der Waals surface area contributed by atoms with Crippen LogP contribution in [-0.2, 0) is 84.5 Å². The monoisotopic (exact) mass is 780 g/mol. The number of nitrogen functional groups attached to an aromatic ring is 1. The number of rotatable bonds is 5. The van der Waals surface area contributed by atoms with Gasteiger partial charge in [0.25, 0.3) is 0 Å². The average molecular weight is 781 g/mol. The van der Waals surface area contributed by atoms with E-state index in [0.29, 0.717) is 11.6 Å². The molecule has 3 amide bonds. The Hall–Kier alpha value is -2.21. The zero-order valence-corrected chi connectivity index (χ0v) is 34.1. The van der Waals surface area contributed by atoms with Crippen molar-refractivity contribution >= 4 is 35.7 Å². The number of carbonyl (C=O) groups excluding carboxylic acids is 3. The first-order valence-corrected chi connectivity index (χ1v) is 13.5. The van der Waals surface area contributed by atoms with Crippen molar-refractivity contribution in [3.8, 4) is 0 Å². The fourth-order valence-electron chi connectivity index (χ4n) is 2.49. The molecule has 2 aromatic rings. The second-order valence-corrected chi connectivity index (χ2v) is 11.7. The smallest absolute Gasteiger partial charge is 0.410 e. The van der Waals surface area contributed by atoms with Gasteiger partial charge in [-0.15, -0.1) is 23.3 Å². The van der Waals surface area contributed by atoms with Gasteiger partial charge in [-0.2, -0.15) is 12.1 Å². The van der Waals surface area contributed by atoms with E-state index in [2.05, 4.69) is 27.7 Å². The maximum Gasteiger partial charge on any atom is 0.410 e. The first-order valence-electron chi connectivity index (χ1n) is 13.5. The van der Waals surface area contributed by atoms with E-state index in [-0.39, 0.29) is 71.3 Å². The Balaban J connectivity index is -0.000000634. The molecule has 2 radical (unpaired) electrons. The average Bonchev–Trinajstić information content (AvgIpc) is 2.88. The van der Waals surface area contributed by atoms with E-state index in [1.807, 2.05) is 19.9 Å². The number of nitrogens with zero attached hydrogens (tertiary/aromatic N) is 4. The number of ether oxygens (including phenoxy) is 2. The van der Waals surface area contributed by atoms with Gasteiger partial charge in [0.2, 0.25) is 5.91 Å². The number of carboxylic acids is 1. The summed E-state index contributed by atoms with van der Waals surface area (Å²) in [7, 11) is 2.92. The fourth-order valence-corrected chi connectivity index (χ4v) is 2.49. The van der Waals surface area contributed by atoms with Gasteiger partial charge in [-0.05, 0) is 55.4 Å². The third-order valence-corrected chi connectivity index (χ3v) is 5.22. The van der Waals surface area contributed by atoms with Gasteiger partial charge in [-0.3, -0.25) is 14.6 Å². The van der Waals surface area contributed by atoms with Crippen molar-refractivity contribution in [1.29, 1.82) is 0 Å². The summed E-state index contributed by atoms with van der Waals surface area (Å²) < 4.78 is 10.2. The van der Waals surface area contributed by atoms with Crippen LogP contribution in [0.4, 0.5) is 21.2 Å². The molecule has 0 bridgehead atoms. The molecule has 13 nitrogen and oxygen atoms in total. The number of hydrogen-bond donors (Lipinski definition) is 3. The number of aliphatic carboxylic acids is 1. The van der Waals surface area contributed by atoms with E-state index in [4.69, 9.17) is 20.3 Å². The summed E-state index contributed by atoms with van der Waals surface area (Å²) in [5.41, 5.74) is 5.97. The minimum atomic E-state index is -1.06. The molecule has 0 saturated carbocycles. The van der Waals surface area contributed by atoms with E-state index in [1.165, 1.54) is 25.9 Å². The molecule has 2 rings (SSSR count). The number of carbonyl (C=O) groups is 4. The van der Waals surface area contributed by atoms with Gasteiger partial charge in [0.05, 0.1) is 0 Å².